The van der Waals surface area contributed by atoms with Gasteiger partial charge in [0.1, 0.15) is 5.82 Å². The first-order valence-corrected chi connectivity index (χ1v) is 6.19. The summed E-state index contributed by atoms with van der Waals surface area (Å²) in [4.78, 5) is 16.1. The van der Waals surface area contributed by atoms with Crippen LogP contribution < -0.4 is 10.6 Å². The molecule has 0 unspecified atom stereocenters. The zero-order chi connectivity index (χ0) is 13.5. The molecule has 0 aliphatic heterocycles. The summed E-state index contributed by atoms with van der Waals surface area (Å²) in [5.41, 5.74) is 0.559. The molecule has 2 aromatic heterocycles. The van der Waals surface area contributed by atoms with E-state index in [-0.39, 0.29) is 5.91 Å². The van der Waals surface area contributed by atoms with Gasteiger partial charge in [0, 0.05) is 38.7 Å². The van der Waals surface area contributed by atoms with E-state index in [4.69, 9.17) is 0 Å². The van der Waals surface area contributed by atoms with Crippen molar-refractivity contribution in [1.29, 1.82) is 0 Å². The van der Waals surface area contributed by atoms with E-state index >= 15 is 0 Å². The summed E-state index contributed by atoms with van der Waals surface area (Å²) < 4.78 is 1.84. The van der Waals surface area contributed by atoms with Crippen molar-refractivity contribution < 1.29 is 4.79 Å². The largest absolute Gasteiger partial charge is 0.372 e. The zero-order valence-corrected chi connectivity index (χ0v) is 10.8. The van der Waals surface area contributed by atoms with Crippen LogP contribution in [0.3, 0.4) is 0 Å². The maximum Gasteiger partial charge on any atom is 0.255 e. The Bertz CT molecular complexity index is 524. The Labute approximate surface area is 111 Å². The van der Waals surface area contributed by atoms with Crippen molar-refractivity contribution in [2.24, 2.45) is 0 Å². The molecule has 0 atom stereocenters. The topological polar surface area (TPSA) is 71.8 Å². The summed E-state index contributed by atoms with van der Waals surface area (Å²) in [5, 5.41) is 9.88. The fraction of sp³-hybridized carbons (Fsp3) is 0.308. The molecule has 0 bridgehead atoms. The molecule has 0 fully saturated rings. The van der Waals surface area contributed by atoms with E-state index in [9.17, 15) is 4.79 Å². The van der Waals surface area contributed by atoms with Crippen molar-refractivity contribution in [2.75, 3.05) is 18.9 Å². The number of carbonyl (C=O) groups excluding carboxylic acids is 1. The maximum atomic E-state index is 12.0. The second kappa shape index (κ2) is 6.53. The highest BCUT2D eigenvalue weighted by Gasteiger charge is 2.09. The minimum Gasteiger partial charge on any atom is -0.372 e. The lowest BCUT2D eigenvalue weighted by molar-refractivity contribution is 0.0953. The number of rotatable bonds is 6. The van der Waals surface area contributed by atoms with Gasteiger partial charge in [-0.3, -0.25) is 9.48 Å². The van der Waals surface area contributed by atoms with Gasteiger partial charge >= 0.3 is 0 Å². The first-order valence-electron chi connectivity index (χ1n) is 6.19. The zero-order valence-electron chi connectivity index (χ0n) is 10.8. The smallest absolute Gasteiger partial charge is 0.255 e. The van der Waals surface area contributed by atoms with E-state index in [1.807, 2.05) is 16.9 Å². The summed E-state index contributed by atoms with van der Waals surface area (Å²) in [7, 11) is 1.75. The predicted octanol–water partition coefficient (Wildman–Crippen LogP) is 1.14. The Morgan fingerprint density at radius 3 is 3.00 bits per heavy atom. The number of pyridine rings is 1. The maximum absolute atomic E-state index is 12.0. The highest BCUT2D eigenvalue weighted by Crippen LogP contribution is 2.09. The SMILES string of the molecule is CNc1ncccc1C(=O)NCCCn1cccn1. The van der Waals surface area contributed by atoms with Gasteiger partial charge in [0.05, 0.1) is 5.56 Å². The van der Waals surface area contributed by atoms with Gasteiger partial charge in [-0.1, -0.05) is 0 Å². The van der Waals surface area contributed by atoms with Crippen LogP contribution in [0, 0.1) is 0 Å². The van der Waals surface area contributed by atoms with E-state index in [1.54, 1.807) is 31.6 Å². The number of aromatic nitrogens is 3. The first-order chi connectivity index (χ1) is 9.31. The Hall–Kier alpha value is -2.37. The molecule has 0 saturated carbocycles. The van der Waals surface area contributed by atoms with Gasteiger partial charge in [0.15, 0.2) is 0 Å². The molecule has 0 aliphatic rings. The van der Waals surface area contributed by atoms with Crippen LogP contribution >= 0.6 is 0 Å². The van der Waals surface area contributed by atoms with Gasteiger partial charge < -0.3 is 10.6 Å². The Balaban J connectivity index is 1.81. The monoisotopic (exact) mass is 259 g/mol. The number of aryl methyl sites for hydroxylation is 1. The Morgan fingerprint density at radius 2 is 2.26 bits per heavy atom. The summed E-state index contributed by atoms with van der Waals surface area (Å²) in [6.45, 7) is 1.40. The van der Waals surface area contributed by atoms with Gasteiger partial charge in [-0.05, 0) is 24.6 Å². The third-order valence-electron chi connectivity index (χ3n) is 2.70. The lowest BCUT2D eigenvalue weighted by Gasteiger charge is -2.08. The molecule has 0 aromatic carbocycles. The molecule has 2 N–H and O–H groups in total. The predicted molar refractivity (Wildman–Crippen MR) is 73.0 cm³/mol. The van der Waals surface area contributed by atoms with E-state index in [1.165, 1.54) is 0 Å². The third kappa shape index (κ3) is 3.54. The molecular weight excluding hydrogens is 242 g/mol. The Morgan fingerprint density at radius 1 is 1.37 bits per heavy atom. The van der Waals surface area contributed by atoms with Crippen molar-refractivity contribution in [3.05, 3.63) is 42.4 Å². The van der Waals surface area contributed by atoms with Crippen molar-refractivity contribution in [2.45, 2.75) is 13.0 Å². The molecule has 2 rings (SSSR count). The molecule has 0 spiro atoms. The highest BCUT2D eigenvalue weighted by atomic mass is 16.1. The second-order valence-electron chi connectivity index (χ2n) is 4.03. The molecule has 1 amide bonds. The van der Waals surface area contributed by atoms with Crippen LogP contribution in [0.25, 0.3) is 0 Å². The number of carbonyl (C=O) groups is 1. The molecule has 2 aromatic rings. The average Bonchev–Trinajstić information content (AvgIpc) is 2.96. The van der Waals surface area contributed by atoms with Crippen LogP contribution in [0.5, 0.6) is 0 Å². The third-order valence-corrected chi connectivity index (χ3v) is 2.70. The molecule has 0 saturated heterocycles. The highest BCUT2D eigenvalue weighted by molar-refractivity contribution is 5.98. The molecule has 100 valence electrons. The lowest BCUT2D eigenvalue weighted by Crippen LogP contribution is -2.26. The second-order valence-corrected chi connectivity index (χ2v) is 4.03. The average molecular weight is 259 g/mol. The summed E-state index contributed by atoms with van der Waals surface area (Å²) in [5.74, 6) is 0.477. The molecule has 0 radical (unpaired) electrons. The molecule has 2 heterocycles. The molecule has 19 heavy (non-hydrogen) atoms. The lowest BCUT2D eigenvalue weighted by atomic mass is 10.2. The normalized spacial score (nSPS) is 10.2. The van der Waals surface area contributed by atoms with Crippen LogP contribution in [0.2, 0.25) is 0 Å². The Kier molecular flexibility index (Phi) is 4.49. The summed E-state index contributed by atoms with van der Waals surface area (Å²) >= 11 is 0. The number of anilines is 1. The van der Waals surface area contributed by atoms with Crippen molar-refractivity contribution >= 4 is 11.7 Å². The van der Waals surface area contributed by atoms with Gasteiger partial charge in [0.2, 0.25) is 0 Å². The number of nitrogens with zero attached hydrogens (tertiary/aromatic N) is 3. The van der Waals surface area contributed by atoms with Crippen LogP contribution in [-0.4, -0.2) is 34.3 Å². The van der Waals surface area contributed by atoms with Gasteiger partial charge in [-0.2, -0.15) is 5.10 Å². The molecule has 6 nitrogen and oxygen atoms in total. The van der Waals surface area contributed by atoms with E-state index in [2.05, 4.69) is 20.7 Å². The molecular formula is C13H17N5O. The van der Waals surface area contributed by atoms with E-state index in [0.29, 0.717) is 17.9 Å². The standard InChI is InChI=1S/C13H17N5O/c1-14-12-11(5-2-6-15-12)13(19)16-7-3-9-18-10-4-8-17-18/h2,4-6,8,10H,3,7,9H2,1H3,(H,14,15)(H,16,19). The van der Waals surface area contributed by atoms with Gasteiger partial charge in [-0.25, -0.2) is 4.98 Å². The van der Waals surface area contributed by atoms with Crippen LogP contribution in [0.15, 0.2) is 36.8 Å². The number of hydrogen-bond acceptors (Lipinski definition) is 4. The minimum atomic E-state index is -0.113. The fourth-order valence-corrected chi connectivity index (χ4v) is 1.76. The van der Waals surface area contributed by atoms with Gasteiger partial charge in [-0.15, -0.1) is 0 Å². The van der Waals surface area contributed by atoms with Crippen LogP contribution in [0.4, 0.5) is 5.82 Å². The van der Waals surface area contributed by atoms with Crippen LogP contribution in [-0.2, 0) is 6.54 Å². The fourth-order valence-electron chi connectivity index (χ4n) is 1.76. The molecule has 0 aliphatic carbocycles. The van der Waals surface area contributed by atoms with Crippen molar-refractivity contribution in [3.63, 3.8) is 0 Å². The van der Waals surface area contributed by atoms with Crippen molar-refractivity contribution in [1.82, 2.24) is 20.1 Å². The summed E-state index contributed by atoms with van der Waals surface area (Å²) in [6, 6.07) is 5.38. The number of amides is 1. The van der Waals surface area contributed by atoms with Gasteiger partial charge in [0.25, 0.3) is 5.91 Å². The van der Waals surface area contributed by atoms with E-state index < -0.39 is 0 Å². The first kappa shape index (κ1) is 13.1. The summed E-state index contributed by atoms with van der Waals surface area (Å²) in [6.07, 6.45) is 6.14. The molecule has 6 heteroatoms. The van der Waals surface area contributed by atoms with E-state index in [0.717, 1.165) is 13.0 Å². The number of nitrogens with one attached hydrogen (secondary N) is 2. The van der Waals surface area contributed by atoms with Crippen LogP contribution in [0.1, 0.15) is 16.8 Å². The minimum absolute atomic E-state index is 0.113. The quantitative estimate of drug-likeness (QED) is 0.763. The number of hydrogen-bond donors (Lipinski definition) is 2. The van der Waals surface area contributed by atoms with Crippen molar-refractivity contribution in [3.8, 4) is 0 Å².